The average molecular weight is 279 g/mol. The first kappa shape index (κ1) is 13.9. The van der Waals surface area contributed by atoms with Gasteiger partial charge in [-0.05, 0) is 31.4 Å². The molecule has 2 nitrogen and oxygen atoms in total. The van der Waals surface area contributed by atoms with Crippen molar-refractivity contribution in [2.24, 2.45) is 0 Å². The van der Waals surface area contributed by atoms with E-state index in [1.165, 1.54) is 0 Å². The molecule has 1 fully saturated rings. The number of likely N-dealkylation sites (tertiary alicyclic amines) is 1. The Hall–Kier alpha value is -2.09. The third kappa shape index (κ3) is 2.15. The maximum absolute atomic E-state index is 13.2. The number of hydrogen-bond acceptors (Lipinski definition) is 1. The Morgan fingerprint density at radius 1 is 0.905 bits per heavy atom. The quantitative estimate of drug-likeness (QED) is 0.840. The highest BCUT2D eigenvalue weighted by molar-refractivity contribution is 5.94. The lowest BCUT2D eigenvalue weighted by Gasteiger charge is -2.30. The Balaban J connectivity index is 2.16. The van der Waals surface area contributed by atoms with Gasteiger partial charge in [0, 0.05) is 12.6 Å². The van der Waals surface area contributed by atoms with Gasteiger partial charge in [0.05, 0.1) is 0 Å². The van der Waals surface area contributed by atoms with E-state index < -0.39 is 5.41 Å². The van der Waals surface area contributed by atoms with Crippen LogP contribution in [0.1, 0.15) is 31.4 Å². The molecule has 3 rings (SSSR count). The summed E-state index contributed by atoms with van der Waals surface area (Å²) < 4.78 is 0. The summed E-state index contributed by atoms with van der Waals surface area (Å²) in [6, 6.07) is 20.6. The Kier molecular flexibility index (Phi) is 3.54. The molecule has 0 N–H and O–H groups in total. The smallest absolute Gasteiger partial charge is 0.237 e. The van der Waals surface area contributed by atoms with Crippen LogP contribution in [0.15, 0.2) is 60.7 Å². The molecule has 2 aromatic rings. The zero-order valence-electron chi connectivity index (χ0n) is 12.6. The fourth-order valence-corrected chi connectivity index (χ4v) is 3.38. The van der Waals surface area contributed by atoms with Crippen LogP contribution in [0.4, 0.5) is 0 Å². The van der Waals surface area contributed by atoms with Gasteiger partial charge in [0.25, 0.3) is 0 Å². The largest absolute Gasteiger partial charge is 0.339 e. The molecule has 2 aromatic carbocycles. The van der Waals surface area contributed by atoms with Gasteiger partial charge in [-0.25, -0.2) is 0 Å². The molecule has 21 heavy (non-hydrogen) atoms. The van der Waals surface area contributed by atoms with Crippen LogP contribution in [0.3, 0.4) is 0 Å². The van der Waals surface area contributed by atoms with Crippen molar-refractivity contribution < 1.29 is 4.79 Å². The minimum Gasteiger partial charge on any atom is -0.339 e. The summed E-state index contributed by atoms with van der Waals surface area (Å²) >= 11 is 0. The first-order valence-electron chi connectivity index (χ1n) is 7.58. The number of carbonyl (C=O) groups excluding carboxylic acids is 1. The highest BCUT2D eigenvalue weighted by atomic mass is 16.2. The first-order chi connectivity index (χ1) is 10.2. The van der Waals surface area contributed by atoms with Crippen molar-refractivity contribution in [3.8, 4) is 0 Å². The van der Waals surface area contributed by atoms with Crippen molar-refractivity contribution in [3.05, 3.63) is 71.8 Å². The molecular formula is C19H21NO. The Morgan fingerprint density at radius 2 is 1.38 bits per heavy atom. The lowest BCUT2D eigenvalue weighted by atomic mass is 9.73. The molecule has 0 unspecified atom stereocenters. The normalized spacial score (nSPS) is 17.5. The van der Waals surface area contributed by atoms with Crippen LogP contribution in [-0.2, 0) is 10.2 Å². The van der Waals surface area contributed by atoms with E-state index >= 15 is 0 Å². The van der Waals surface area contributed by atoms with E-state index in [9.17, 15) is 4.79 Å². The van der Waals surface area contributed by atoms with E-state index in [1.807, 2.05) is 41.3 Å². The molecule has 1 aliphatic heterocycles. The fraction of sp³-hybridized carbons (Fsp3) is 0.316. The maximum atomic E-state index is 13.2. The van der Waals surface area contributed by atoms with Crippen molar-refractivity contribution >= 4 is 5.91 Å². The van der Waals surface area contributed by atoms with Gasteiger partial charge in [-0.3, -0.25) is 4.79 Å². The summed E-state index contributed by atoms with van der Waals surface area (Å²) in [4.78, 5) is 15.2. The number of amides is 1. The summed E-state index contributed by atoms with van der Waals surface area (Å²) in [5, 5.41) is 0. The Morgan fingerprint density at radius 3 is 1.76 bits per heavy atom. The van der Waals surface area contributed by atoms with Gasteiger partial charge in [-0.1, -0.05) is 60.7 Å². The summed E-state index contributed by atoms with van der Waals surface area (Å²) in [6.45, 7) is 4.99. The highest BCUT2D eigenvalue weighted by Crippen LogP contribution is 2.42. The van der Waals surface area contributed by atoms with Crippen LogP contribution in [-0.4, -0.2) is 23.4 Å². The molecule has 1 amide bonds. The molecule has 0 radical (unpaired) electrons. The number of nitrogens with zero attached hydrogens (tertiary/aromatic N) is 1. The molecule has 1 aliphatic rings. The molecule has 0 saturated carbocycles. The monoisotopic (exact) mass is 279 g/mol. The van der Waals surface area contributed by atoms with Crippen molar-refractivity contribution in [2.75, 3.05) is 6.54 Å². The van der Waals surface area contributed by atoms with Gasteiger partial charge in [0.2, 0.25) is 5.91 Å². The van der Waals surface area contributed by atoms with Crippen LogP contribution in [0.25, 0.3) is 0 Å². The molecular weight excluding hydrogens is 258 g/mol. The van der Waals surface area contributed by atoms with E-state index in [2.05, 4.69) is 38.1 Å². The molecule has 108 valence electrons. The molecule has 1 saturated heterocycles. The number of carbonyl (C=O) groups is 1. The van der Waals surface area contributed by atoms with Gasteiger partial charge >= 0.3 is 0 Å². The average Bonchev–Trinajstić information content (AvgIpc) is 2.87. The molecule has 0 aliphatic carbocycles. The molecule has 0 atom stereocenters. The lowest BCUT2D eigenvalue weighted by Crippen LogP contribution is -2.41. The predicted molar refractivity (Wildman–Crippen MR) is 85.1 cm³/mol. The van der Waals surface area contributed by atoms with E-state index in [1.54, 1.807) is 0 Å². The van der Waals surface area contributed by atoms with Gasteiger partial charge in [0.1, 0.15) is 5.41 Å². The molecule has 0 bridgehead atoms. The van der Waals surface area contributed by atoms with Gasteiger partial charge in [0.15, 0.2) is 0 Å². The summed E-state index contributed by atoms with van der Waals surface area (Å²) in [7, 11) is 0. The second-order valence-corrected chi connectivity index (χ2v) is 5.98. The molecule has 1 heterocycles. The second-order valence-electron chi connectivity index (χ2n) is 5.98. The zero-order valence-corrected chi connectivity index (χ0v) is 12.6. The van der Waals surface area contributed by atoms with Crippen LogP contribution in [0.5, 0.6) is 0 Å². The Bertz CT molecular complexity index is 579. The van der Waals surface area contributed by atoms with Gasteiger partial charge in [-0.15, -0.1) is 0 Å². The SMILES string of the molecule is CC(C)N1CCC(c2ccccc2)(c2ccccc2)C1=O. The van der Waals surface area contributed by atoms with Gasteiger partial charge < -0.3 is 4.90 Å². The minimum absolute atomic E-state index is 0.231. The van der Waals surface area contributed by atoms with E-state index in [4.69, 9.17) is 0 Å². The standard InChI is InChI=1S/C19H21NO/c1-15(2)20-14-13-19(18(20)21,16-9-5-3-6-10-16)17-11-7-4-8-12-17/h3-12,15H,13-14H2,1-2H3. The molecule has 2 heteroatoms. The maximum Gasteiger partial charge on any atom is 0.237 e. The molecule has 0 spiro atoms. The highest BCUT2D eigenvalue weighted by Gasteiger charge is 2.49. The Labute approximate surface area is 126 Å². The first-order valence-corrected chi connectivity index (χ1v) is 7.58. The van der Waals surface area contributed by atoms with Gasteiger partial charge in [-0.2, -0.15) is 0 Å². The van der Waals surface area contributed by atoms with Crippen LogP contribution in [0, 0.1) is 0 Å². The van der Waals surface area contributed by atoms with Crippen LogP contribution in [0.2, 0.25) is 0 Å². The molecule has 0 aromatic heterocycles. The third-order valence-electron chi connectivity index (χ3n) is 4.51. The summed E-state index contributed by atoms with van der Waals surface area (Å²) in [5.74, 6) is 0.231. The van der Waals surface area contributed by atoms with Crippen molar-refractivity contribution in [1.29, 1.82) is 0 Å². The van der Waals surface area contributed by atoms with E-state index in [0.29, 0.717) is 0 Å². The van der Waals surface area contributed by atoms with Crippen LogP contribution < -0.4 is 0 Å². The van der Waals surface area contributed by atoms with E-state index in [0.717, 1.165) is 24.1 Å². The summed E-state index contributed by atoms with van der Waals surface area (Å²) in [5.41, 5.74) is 1.68. The van der Waals surface area contributed by atoms with Crippen LogP contribution >= 0.6 is 0 Å². The minimum atomic E-state index is -0.521. The number of benzene rings is 2. The van der Waals surface area contributed by atoms with E-state index in [-0.39, 0.29) is 11.9 Å². The van der Waals surface area contributed by atoms with Crippen molar-refractivity contribution in [3.63, 3.8) is 0 Å². The predicted octanol–water partition coefficient (Wildman–Crippen LogP) is 3.61. The van der Waals surface area contributed by atoms with Crippen molar-refractivity contribution in [2.45, 2.75) is 31.7 Å². The number of hydrogen-bond donors (Lipinski definition) is 0. The fourth-order valence-electron chi connectivity index (χ4n) is 3.38. The lowest BCUT2D eigenvalue weighted by molar-refractivity contribution is -0.132. The van der Waals surface area contributed by atoms with Crippen molar-refractivity contribution in [1.82, 2.24) is 4.90 Å². The second kappa shape index (κ2) is 5.36. The topological polar surface area (TPSA) is 20.3 Å². The summed E-state index contributed by atoms with van der Waals surface area (Å²) in [6.07, 6.45) is 0.845. The zero-order chi connectivity index (χ0) is 14.9. The number of rotatable bonds is 3. The third-order valence-corrected chi connectivity index (χ3v) is 4.51.